The maximum absolute atomic E-state index is 15.2. The number of nitrogens with zero attached hydrogens (tertiary/aromatic N) is 2. The highest BCUT2D eigenvalue weighted by Crippen LogP contribution is 2.42. The highest BCUT2D eigenvalue weighted by Gasteiger charge is 2.53. The van der Waals surface area contributed by atoms with E-state index >= 15 is 4.39 Å². The molecule has 2 aliphatic rings. The number of cyclic esters (lactones) is 1. The number of hydrogen-bond acceptors (Lipinski definition) is 6. The van der Waals surface area contributed by atoms with E-state index in [1.54, 1.807) is 20.8 Å². The van der Waals surface area contributed by atoms with E-state index in [-0.39, 0.29) is 36.9 Å². The highest BCUT2D eigenvalue weighted by atomic mass is 28.4. The van der Waals surface area contributed by atoms with Crippen LogP contribution in [0.5, 0.6) is 0 Å². The van der Waals surface area contributed by atoms with Crippen molar-refractivity contribution in [3.8, 4) is 0 Å². The van der Waals surface area contributed by atoms with Gasteiger partial charge in [0.05, 0.1) is 30.7 Å². The fraction of sp³-hybridized carbons (Fsp3) is 0.710. The number of hydrogen-bond donors (Lipinski definition) is 0. The van der Waals surface area contributed by atoms with Crippen molar-refractivity contribution in [2.75, 3.05) is 13.2 Å². The molecule has 0 aromatic heterocycles. The largest absolute Gasteiger partial charge is 0.447 e. The van der Waals surface area contributed by atoms with Crippen LogP contribution < -0.4 is 0 Å². The minimum atomic E-state index is -2.58. The topological polar surface area (TPSA) is 85.4 Å². The second kappa shape index (κ2) is 12.4. The Kier molecular flexibility index (Phi) is 10.0. The molecule has 0 aliphatic carbocycles. The summed E-state index contributed by atoms with van der Waals surface area (Å²) < 4.78 is 33.2. The van der Waals surface area contributed by atoms with Gasteiger partial charge in [-0.3, -0.25) is 9.69 Å². The monoisotopic (exact) mass is 592 g/mol. The molecule has 8 nitrogen and oxygen atoms in total. The summed E-state index contributed by atoms with van der Waals surface area (Å²) in [5.74, 6) is -1.33. The molecule has 0 bridgehead atoms. The van der Waals surface area contributed by atoms with Gasteiger partial charge in [0.1, 0.15) is 18.4 Å². The number of alkyl halides is 1. The molecular formula is C31H49FN2O6Si. The van der Waals surface area contributed by atoms with E-state index in [0.717, 1.165) is 5.56 Å². The number of amides is 3. The van der Waals surface area contributed by atoms with Crippen molar-refractivity contribution in [1.82, 2.24) is 9.80 Å². The number of rotatable bonds is 8. The molecule has 3 amide bonds. The molecule has 3 rings (SSSR count). The molecule has 2 fully saturated rings. The summed E-state index contributed by atoms with van der Waals surface area (Å²) in [6, 6.07) is 8.33. The molecule has 0 radical (unpaired) electrons. The first-order valence-corrected chi connectivity index (χ1v) is 17.6. The van der Waals surface area contributed by atoms with Crippen molar-refractivity contribution in [1.29, 1.82) is 0 Å². The predicted octanol–water partition coefficient (Wildman–Crippen LogP) is 6.59. The number of likely N-dealkylation sites (tertiary alicyclic amines) is 1. The lowest BCUT2D eigenvalue weighted by molar-refractivity contribution is -0.139. The van der Waals surface area contributed by atoms with E-state index in [1.807, 2.05) is 44.2 Å². The van der Waals surface area contributed by atoms with Gasteiger partial charge >= 0.3 is 12.2 Å². The molecule has 2 heterocycles. The SMILES string of the molecule is CC(C)[C@H]1COC(=O)N1C(=O)[C@@H](Cc1ccccc1)[C@H](O[Si](C)(C)C(C)(C)C)[C@H]1C[C@@H](F)CN1C(=O)OC(C)(C)C. The van der Waals surface area contributed by atoms with Gasteiger partial charge < -0.3 is 13.9 Å². The quantitative estimate of drug-likeness (QED) is 0.317. The number of benzene rings is 1. The van der Waals surface area contributed by atoms with Crippen molar-refractivity contribution in [3.63, 3.8) is 0 Å². The maximum atomic E-state index is 15.2. The zero-order valence-electron chi connectivity index (χ0n) is 26.4. The first kappa shape index (κ1) is 33.0. The van der Waals surface area contributed by atoms with Gasteiger partial charge in [-0.1, -0.05) is 65.0 Å². The molecular weight excluding hydrogens is 543 g/mol. The van der Waals surface area contributed by atoms with Crippen molar-refractivity contribution >= 4 is 26.4 Å². The molecule has 1 aromatic carbocycles. The number of halogens is 1. The third-order valence-corrected chi connectivity index (χ3v) is 12.9. The van der Waals surface area contributed by atoms with Gasteiger partial charge in [0, 0.05) is 6.42 Å². The van der Waals surface area contributed by atoms with E-state index in [9.17, 15) is 14.4 Å². The van der Waals surface area contributed by atoms with Crippen LogP contribution in [0.1, 0.15) is 67.4 Å². The third kappa shape index (κ3) is 7.88. The Morgan fingerprint density at radius 3 is 2.22 bits per heavy atom. The van der Waals surface area contributed by atoms with E-state index in [0.29, 0.717) is 0 Å². The molecule has 1 aromatic rings. The molecule has 0 N–H and O–H groups in total. The molecule has 10 heteroatoms. The molecule has 230 valence electrons. The molecule has 2 saturated heterocycles. The Bertz CT molecular complexity index is 1080. The van der Waals surface area contributed by atoms with Crippen molar-refractivity contribution in [2.45, 2.75) is 116 Å². The standard InChI is InChI=1S/C31H49FN2O6Si/c1-20(2)25-19-38-29(37)34(25)27(35)23(16-21-14-12-11-13-15-21)26(40-41(9,10)31(6,7)8)24-17-22(32)18-33(24)28(36)39-30(3,4)5/h11-15,20,22-26H,16-19H2,1-10H3/t22-,23+,24-,25-,26+/m1/s1. The van der Waals surface area contributed by atoms with Gasteiger partial charge in [0.2, 0.25) is 5.91 Å². The van der Waals surface area contributed by atoms with Crippen LogP contribution in [0.25, 0.3) is 0 Å². The first-order valence-electron chi connectivity index (χ1n) is 14.7. The summed E-state index contributed by atoms with van der Waals surface area (Å²) in [4.78, 5) is 43.5. The van der Waals surface area contributed by atoms with E-state index in [1.165, 1.54) is 9.80 Å². The van der Waals surface area contributed by atoms with Gasteiger partial charge in [-0.05, 0) is 56.8 Å². The summed E-state index contributed by atoms with van der Waals surface area (Å²) in [5, 5.41) is -0.233. The smallest absolute Gasteiger partial charge is 0.416 e. The van der Waals surface area contributed by atoms with E-state index in [4.69, 9.17) is 13.9 Å². The summed E-state index contributed by atoms with van der Waals surface area (Å²) in [7, 11) is -2.58. The number of carbonyl (C=O) groups is 3. The lowest BCUT2D eigenvalue weighted by Gasteiger charge is -2.45. The highest BCUT2D eigenvalue weighted by molar-refractivity contribution is 6.74. The van der Waals surface area contributed by atoms with E-state index in [2.05, 4.69) is 33.9 Å². The van der Waals surface area contributed by atoms with Crippen LogP contribution in [0.4, 0.5) is 14.0 Å². The third-order valence-electron chi connectivity index (χ3n) is 8.46. The minimum Gasteiger partial charge on any atom is -0.447 e. The van der Waals surface area contributed by atoms with Gasteiger partial charge in [-0.2, -0.15) is 0 Å². The van der Waals surface area contributed by atoms with Crippen LogP contribution in [0.2, 0.25) is 18.1 Å². The predicted molar refractivity (Wildman–Crippen MR) is 159 cm³/mol. The zero-order chi connectivity index (χ0) is 30.9. The summed E-state index contributed by atoms with van der Waals surface area (Å²) in [6.07, 6.45) is -3.24. The minimum absolute atomic E-state index is 0.00908. The maximum Gasteiger partial charge on any atom is 0.416 e. The average molecular weight is 593 g/mol. The van der Waals surface area contributed by atoms with Crippen molar-refractivity contribution in [3.05, 3.63) is 35.9 Å². The molecule has 41 heavy (non-hydrogen) atoms. The number of ether oxygens (including phenoxy) is 2. The fourth-order valence-electron chi connectivity index (χ4n) is 5.17. The van der Waals surface area contributed by atoms with Gasteiger partial charge in [-0.25, -0.2) is 18.9 Å². The second-order valence-electron chi connectivity index (χ2n) is 14.3. The molecule has 2 aliphatic heterocycles. The average Bonchev–Trinajstić information content (AvgIpc) is 3.42. The molecule has 0 spiro atoms. The van der Waals surface area contributed by atoms with Crippen LogP contribution in [0.3, 0.4) is 0 Å². The lowest BCUT2D eigenvalue weighted by Crippen LogP contribution is -2.58. The normalized spacial score (nSPS) is 23.5. The Labute approximate surface area is 246 Å². The van der Waals surface area contributed by atoms with Crippen molar-refractivity contribution in [2.24, 2.45) is 11.8 Å². The van der Waals surface area contributed by atoms with Crippen LogP contribution in [-0.2, 0) is 25.1 Å². The van der Waals surface area contributed by atoms with Gasteiger partial charge in [0.25, 0.3) is 0 Å². The number of carbonyl (C=O) groups excluding carboxylic acids is 3. The van der Waals surface area contributed by atoms with Crippen LogP contribution in [-0.4, -0.2) is 79.3 Å². The molecule has 5 atom stereocenters. The Balaban J connectivity index is 2.16. The zero-order valence-corrected chi connectivity index (χ0v) is 27.4. The Hall–Kier alpha value is -2.46. The lowest BCUT2D eigenvalue weighted by atomic mass is 9.87. The molecule has 0 unspecified atom stereocenters. The van der Waals surface area contributed by atoms with Gasteiger partial charge in [-0.15, -0.1) is 0 Å². The second-order valence-corrected chi connectivity index (χ2v) is 19.0. The van der Waals surface area contributed by atoms with E-state index < -0.39 is 62.3 Å². The van der Waals surface area contributed by atoms with Gasteiger partial charge in [0.15, 0.2) is 8.32 Å². The molecule has 0 saturated carbocycles. The Morgan fingerprint density at radius 1 is 1.07 bits per heavy atom. The van der Waals surface area contributed by atoms with Crippen LogP contribution in [0.15, 0.2) is 30.3 Å². The Morgan fingerprint density at radius 2 is 1.68 bits per heavy atom. The van der Waals surface area contributed by atoms with Crippen molar-refractivity contribution < 1.29 is 32.7 Å². The summed E-state index contributed by atoms with van der Waals surface area (Å²) >= 11 is 0. The van der Waals surface area contributed by atoms with Crippen LogP contribution in [0, 0.1) is 11.8 Å². The van der Waals surface area contributed by atoms with Crippen LogP contribution >= 0.6 is 0 Å². The first-order chi connectivity index (χ1) is 18.8. The summed E-state index contributed by atoms with van der Waals surface area (Å²) in [5.41, 5.74) is 0.0939. The number of imide groups is 1. The summed E-state index contributed by atoms with van der Waals surface area (Å²) in [6.45, 7) is 19.6. The fourth-order valence-corrected chi connectivity index (χ4v) is 6.53.